The summed E-state index contributed by atoms with van der Waals surface area (Å²) in [5, 5.41) is 0. The summed E-state index contributed by atoms with van der Waals surface area (Å²) in [4.78, 5) is 2.27. The molecule has 1 nitrogen and oxygen atoms in total. The Labute approximate surface area is 59.1 Å². The molecule has 2 rings (SSSR count). The summed E-state index contributed by atoms with van der Waals surface area (Å²) in [5.41, 5.74) is 0. The van der Waals surface area contributed by atoms with Crippen molar-refractivity contribution in [1.29, 1.82) is 0 Å². The first kappa shape index (κ1) is 5.01. The van der Waals surface area contributed by atoms with E-state index < -0.39 is 0 Å². The summed E-state index contributed by atoms with van der Waals surface area (Å²) in [6, 6.07) is 2.22. The van der Waals surface area contributed by atoms with Gasteiger partial charge in [-0.2, -0.15) is 0 Å². The second-order valence-corrected chi connectivity index (χ2v) is 5.21. The third-order valence-electron chi connectivity index (χ3n) is 0.978. The van der Waals surface area contributed by atoms with E-state index in [1.54, 1.807) is 0 Å². The minimum absolute atomic E-state index is 0.448. The van der Waals surface area contributed by atoms with Crippen LogP contribution >= 0.6 is 0 Å². The molecule has 8 heavy (non-hydrogen) atoms. The van der Waals surface area contributed by atoms with Gasteiger partial charge in [0, 0.05) is 0 Å². The third-order valence-corrected chi connectivity index (χ3v) is 5.02. The summed E-state index contributed by atoms with van der Waals surface area (Å²) in [6.07, 6.45) is 2.04. The van der Waals surface area contributed by atoms with E-state index in [4.69, 9.17) is 0 Å². The van der Waals surface area contributed by atoms with Crippen LogP contribution in [0.5, 0.6) is 0 Å². The van der Waals surface area contributed by atoms with E-state index in [9.17, 15) is 0 Å². The maximum atomic E-state index is 4.20. The van der Waals surface area contributed by atoms with Crippen LogP contribution in [0.1, 0.15) is 0 Å². The Kier molecular flexibility index (Phi) is 1.16. The second kappa shape index (κ2) is 1.85. The van der Waals surface area contributed by atoms with Gasteiger partial charge in [0.05, 0.1) is 0 Å². The van der Waals surface area contributed by atoms with Gasteiger partial charge in [0.25, 0.3) is 0 Å². The molecular formula is C5H3NSe2. The first-order valence-corrected chi connectivity index (χ1v) is 5.71. The van der Waals surface area contributed by atoms with Gasteiger partial charge in [-0.05, 0) is 0 Å². The number of hydrogen-bond acceptors (Lipinski definition) is 1. The van der Waals surface area contributed by atoms with Gasteiger partial charge in [-0.15, -0.1) is 0 Å². The van der Waals surface area contributed by atoms with Gasteiger partial charge in [0.1, 0.15) is 0 Å². The van der Waals surface area contributed by atoms with Crippen LogP contribution in [-0.2, 0) is 0 Å². The van der Waals surface area contributed by atoms with Crippen molar-refractivity contribution in [2.24, 2.45) is 0 Å². The van der Waals surface area contributed by atoms with Crippen molar-refractivity contribution in [3.63, 3.8) is 0 Å². The Morgan fingerprint density at radius 1 is 1.38 bits per heavy atom. The zero-order chi connectivity index (χ0) is 5.40. The number of nitrogens with zero attached hydrogens (tertiary/aromatic N) is 1. The Morgan fingerprint density at radius 2 is 2.38 bits per heavy atom. The molecule has 0 aliphatic rings. The Bertz CT molecular complexity index is 232. The zero-order valence-corrected chi connectivity index (χ0v) is 7.42. The fourth-order valence-corrected chi connectivity index (χ4v) is 4.82. The maximum absolute atomic E-state index is 4.20. The number of fused-ring (bicyclic) bond motifs is 1. The molecule has 0 aliphatic carbocycles. The number of hydrogen-bond donors (Lipinski definition) is 0. The van der Waals surface area contributed by atoms with Crippen molar-refractivity contribution >= 4 is 37.8 Å². The number of rotatable bonds is 0. The molecule has 40 valence electrons. The predicted octanol–water partition coefficient (Wildman–Crippen LogP) is 0.349. The average Bonchev–Trinajstić information content (AvgIpc) is 2.15. The minimum atomic E-state index is 0.448. The molecule has 0 saturated heterocycles. The van der Waals surface area contributed by atoms with E-state index >= 15 is 0 Å². The van der Waals surface area contributed by atoms with Crippen LogP contribution in [0.2, 0.25) is 0 Å². The normalized spacial score (nSPS) is 10.5. The van der Waals surface area contributed by atoms with Crippen LogP contribution in [0, 0.1) is 0 Å². The standard InChI is InChI=1S/C5H3NSe2/c1-2-7-5-3-6-8-4(1)5/h1-3H. The SMILES string of the molecule is c1cc2[se]ncc2[se]1. The van der Waals surface area contributed by atoms with Gasteiger partial charge in [-0.3, -0.25) is 0 Å². The molecule has 2 aromatic heterocycles. The summed E-state index contributed by atoms with van der Waals surface area (Å²) < 4.78 is 7.22. The molecular weight excluding hydrogens is 232 g/mol. The molecule has 0 N–H and O–H groups in total. The molecule has 0 fully saturated rings. The summed E-state index contributed by atoms with van der Waals surface area (Å²) in [7, 11) is 0. The van der Waals surface area contributed by atoms with Crippen molar-refractivity contribution in [2.45, 2.75) is 0 Å². The van der Waals surface area contributed by atoms with Crippen LogP contribution < -0.4 is 0 Å². The van der Waals surface area contributed by atoms with E-state index in [-0.39, 0.29) is 0 Å². The van der Waals surface area contributed by atoms with Gasteiger partial charge < -0.3 is 0 Å². The van der Waals surface area contributed by atoms with Crippen LogP contribution in [0.4, 0.5) is 0 Å². The van der Waals surface area contributed by atoms with E-state index in [1.807, 2.05) is 6.20 Å². The average molecular weight is 235 g/mol. The molecule has 3 heteroatoms. The molecule has 2 aromatic rings. The molecule has 0 radical (unpaired) electrons. The summed E-state index contributed by atoms with van der Waals surface area (Å²) in [5.74, 6) is 0. The molecule has 0 aromatic carbocycles. The topological polar surface area (TPSA) is 12.9 Å². The molecule has 0 amide bonds. The van der Waals surface area contributed by atoms with Crippen LogP contribution in [0.15, 0.2) is 17.2 Å². The first-order chi connectivity index (χ1) is 3.97. The molecule has 0 unspecified atom stereocenters. The van der Waals surface area contributed by atoms with Crippen LogP contribution in [-0.4, -0.2) is 33.2 Å². The van der Waals surface area contributed by atoms with E-state index in [0.29, 0.717) is 29.2 Å². The van der Waals surface area contributed by atoms with E-state index in [1.165, 1.54) is 8.52 Å². The van der Waals surface area contributed by atoms with Gasteiger partial charge in [-0.25, -0.2) is 0 Å². The molecule has 0 saturated carbocycles. The monoisotopic (exact) mass is 237 g/mol. The zero-order valence-electron chi connectivity index (χ0n) is 4.00. The second-order valence-electron chi connectivity index (χ2n) is 1.47. The van der Waals surface area contributed by atoms with Gasteiger partial charge in [-0.1, -0.05) is 0 Å². The Balaban J connectivity index is 3.06. The molecule has 0 spiro atoms. The van der Waals surface area contributed by atoms with Crippen molar-refractivity contribution in [2.75, 3.05) is 0 Å². The van der Waals surface area contributed by atoms with Gasteiger partial charge in [0.15, 0.2) is 0 Å². The fraction of sp³-hybridized carbons (Fsp3) is 0. The van der Waals surface area contributed by atoms with Crippen LogP contribution in [0.25, 0.3) is 8.52 Å². The Morgan fingerprint density at radius 3 is 3.25 bits per heavy atom. The predicted molar refractivity (Wildman–Crippen MR) is 35.6 cm³/mol. The summed E-state index contributed by atoms with van der Waals surface area (Å²) >= 11 is 1.08. The van der Waals surface area contributed by atoms with Gasteiger partial charge >= 0.3 is 58.9 Å². The van der Waals surface area contributed by atoms with Crippen molar-refractivity contribution < 1.29 is 0 Å². The first-order valence-electron chi connectivity index (χ1n) is 2.25. The molecule has 2 heterocycles. The Hall–Kier alpha value is 0.189. The molecule has 0 atom stereocenters. The third kappa shape index (κ3) is 0.636. The van der Waals surface area contributed by atoms with Crippen molar-refractivity contribution in [3.8, 4) is 0 Å². The van der Waals surface area contributed by atoms with E-state index in [0.717, 1.165) is 0 Å². The fourth-order valence-electron chi connectivity index (χ4n) is 0.610. The number of aromatic nitrogens is 1. The quantitative estimate of drug-likeness (QED) is 0.600. The van der Waals surface area contributed by atoms with E-state index in [2.05, 4.69) is 15.0 Å². The van der Waals surface area contributed by atoms with Crippen molar-refractivity contribution in [1.82, 2.24) is 3.98 Å². The van der Waals surface area contributed by atoms with Crippen molar-refractivity contribution in [3.05, 3.63) is 17.2 Å². The summed E-state index contributed by atoms with van der Waals surface area (Å²) in [6.45, 7) is 0. The van der Waals surface area contributed by atoms with Gasteiger partial charge in [0.2, 0.25) is 0 Å². The van der Waals surface area contributed by atoms with Crippen LogP contribution in [0.3, 0.4) is 0 Å². The molecule has 0 aliphatic heterocycles. The molecule has 0 bridgehead atoms.